The normalized spacial score (nSPS) is 10.9. The summed E-state index contributed by atoms with van der Waals surface area (Å²) >= 11 is 0. The molecule has 0 aliphatic rings. The number of fused-ring (bicyclic) bond motifs is 1. The van der Waals surface area contributed by atoms with Gasteiger partial charge in [0, 0.05) is 20.2 Å². The van der Waals surface area contributed by atoms with Gasteiger partial charge in [0.25, 0.3) is 11.5 Å². The van der Waals surface area contributed by atoms with Gasteiger partial charge in [-0.15, -0.1) is 0 Å². The van der Waals surface area contributed by atoms with E-state index in [1.807, 2.05) is 0 Å². The van der Waals surface area contributed by atoms with Crippen LogP contribution in [0, 0.1) is 6.92 Å². The summed E-state index contributed by atoms with van der Waals surface area (Å²) in [6.45, 7) is 0.784. The van der Waals surface area contributed by atoms with Gasteiger partial charge in [0.15, 0.2) is 23.6 Å². The number of aromatic nitrogens is 5. The molecule has 0 bridgehead atoms. The number of hydrogen-bond acceptors (Lipinski definition) is 8. The van der Waals surface area contributed by atoms with E-state index >= 15 is 0 Å². The number of nitrogens with one attached hydrogen (secondary N) is 1. The van der Waals surface area contributed by atoms with Crippen LogP contribution in [0.3, 0.4) is 0 Å². The number of ether oxygens (including phenoxy) is 1. The molecule has 0 unspecified atom stereocenters. The predicted octanol–water partition coefficient (Wildman–Crippen LogP) is -1.09. The van der Waals surface area contributed by atoms with Crippen molar-refractivity contribution in [3.63, 3.8) is 0 Å². The molecule has 0 aliphatic carbocycles. The van der Waals surface area contributed by atoms with Crippen molar-refractivity contribution in [1.29, 1.82) is 0 Å². The molecule has 0 aliphatic heterocycles. The minimum absolute atomic E-state index is 0.0825. The van der Waals surface area contributed by atoms with E-state index in [4.69, 9.17) is 9.26 Å². The molecule has 12 heteroatoms. The van der Waals surface area contributed by atoms with E-state index in [0.29, 0.717) is 5.76 Å². The fourth-order valence-corrected chi connectivity index (χ4v) is 2.45. The van der Waals surface area contributed by atoms with Crippen LogP contribution in [0.2, 0.25) is 0 Å². The Bertz CT molecular complexity index is 1150. The van der Waals surface area contributed by atoms with Crippen LogP contribution < -0.4 is 16.6 Å². The molecule has 27 heavy (non-hydrogen) atoms. The second-order valence-electron chi connectivity index (χ2n) is 5.78. The average molecular weight is 376 g/mol. The predicted molar refractivity (Wildman–Crippen MR) is 91.0 cm³/mol. The Balaban J connectivity index is 1.69. The summed E-state index contributed by atoms with van der Waals surface area (Å²) in [5, 5.41) is 5.99. The fraction of sp³-hybridized carbons (Fsp3) is 0.333. The number of carbonyl (C=O) groups is 2. The number of carbonyl (C=O) groups excluding carboxylic acids is 2. The van der Waals surface area contributed by atoms with Gasteiger partial charge in [-0.25, -0.2) is 9.78 Å². The number of amides is 1. The third-order valence-corrected chi connectivity index (χ3v) is 3.78. The van der Waals surface area contributed by atoms with Gasteiger partial charge in [-0.2, -0.15) is 0 Å². The van der Waals surface area contributed by atoms with Crippen LogP contribution in [-0.4, -0.2) is 42.3 Å². The SMILES string of the molecule is Cc1cc(NC(=O)COC(=O)Cn2cnc3c2c(=O)n(C)c(=O)n3C)no1. The van der Waals surface area contributed by atoms with Crippen LogP contribution in [0.25, 0.3) is 11.2 Å². The highest BCUT2D eigenvalue weighted by Crippen LogP contribution is 2.07. The van der Waals surface area contributed by atoms with Gasteiger partial charge in [0.05, 0.1) is 6.33 Å². The van der Waals surface area contributed by atoms with Crippen LogP contribution >= 0.6 is 0 Å². The molecule has 3 aromatic rings. The van der Waals surface area contributed by atoms with Crippen LogP contribution in [0.15, 0.2) is 26.5 Å². The summed E-state index contributed by atoms with van der Waals surface area (Å²) in [7, 11) is 2.80. The first-order valence-electron chi connectivity index (χ1n) is 7.77. The third kappa shape index (κ3) is 3.49. The zero-order chi connectivity index (χ0) is 19.7. The molecule has 12 nitrogen and oxygen atoms in total. The molecule has 1 N–H and O–H groups in total. The Labute approximate surface area is 150 Å². The first-order valence-corrected chi connectivity index (χ1v) is 7.77. The molecule has 3 aromatic heterocycles. The topological polar surface area (TPSA) is 143 Å². The quantitative estimate of drug-likeness (QED) is 0.553. The molecular formula is C15H16N6O6. The van der Waals surface area contributed by atoms with Crippen molar-refractivity contribution < 1.29 is 18.8 Å². The number of anilines is 1. The second kappa shape index (κ2) is 6.90. The lowest BCUT2D eigenvalue weighted by atomic mass is 10.4. The summed E-state index contributed by atoms with van der Waals surface area (Å²) in [6.07, 6.45) is 1.25. The summed E-state index contributed by atoms with van der Waals surface area (Å²) in [4.78, 5) is 51.9. The molecule has 1 amide bonds. The number of nitrogens with zero attached hydrogens (tertiary/aromatic N) is 5. The zero-order valence-electron chi connectivity index (χ0n) is 14.8. The first-order chi connectivity index (χ1) is 12.8. The Morgan fingerprint density at radius 2 is 2.00 bits per heavy atom. The van der Waals surface area contributed by atoms with Crippen molar-refractivity contribution >= 4 is 28.9 Å². The first kappa shape index (κ1) is 18.1. The number of esters is 1. The number of rotatable bonds is 5. The number of aryl methyl sites for hydroxylation is 2. The zero-order valence-corrected chi connectivity index (χ0v) is 14.8. The van der Waals surface area contributed by atoms with Crippen LogP contribution in [-0.2, 0) is 35.0 Å². The summed E-state index contributed by atoms with van der Waals surface area (Å²) in [6, 6.07) is 1.51. The van der Waals surface area contributed by atoms with E-state index in [1.165, 1.54) is 35.6 Å². The Morgan fingerprint density at radius 3 is 2.67 bits per heavy atom. The van der Waals surface area contributed by atoms with Gasteiger partial charge in [-0.3, -0.25) is 23.5 Å². The van der Waals surface area contributed by atoms with Crippen molar-refractivity contribution in [2.24, 2.45) is 14.1 Å². The molecular weight excluding hydrogens is 360 g/mol. The molecule has 0 atom stereocenters. The van der Waals surface area contributed by atoms with Crippen LogP contribution in [0.5, 0.6) is 0 Å². The van der Waals surface area contributed by atoms with Crippen molar-refractivity contribution in [2.45, 2.75) is 13.5 Å². The Hall–Kier alpha value is -3.70. The molecule has 0 fully saturated rings. The van der Waals surface area contributed by atoms with E-state index < -0.39 is 29.7 Å². The Kier molecular flexibility index (Phi) is 4.62. The maximum absolute atomic E-state index is 12.3. The monoisotopic (exact) mass is 376 g/mol. The highest BCUT2D eigenvalue weighted by atomic mass is 16.5. The van der Waals surface area contributed by atoms with E-state index in [1.54, 1.807) is 6.92 Å². The molecule has 0 radical (unpaired) electrons. The molecule has 3 heterocycles. The van der Waals surface area contributed by atoms with Crippen molar-refractivity contribution in [3.05, 3.63) is 39.0 Å². The Morgan fingerprint density at radius 1 is 1.26 bits per heavy atom. The van der Waals surface area contributed by atoms with Gasteiger partial charge in [0.2, 0.25) is 0 Å². The smallest absolute Gasteiger partial charge is 0.332 e. The van der Waals surface area contributed by atoms with E-state index in [2.05, 4.69) is 15.5 Å². The van der Waals surface area contributed by atoms with Crippen LogP contribution in [0.4, 0.5) is 5.82 Å². The lowest BCUT2D eigenvalue weighted by Gasteiger charge is -2.07. The third-order valence-electron chi connectivity index (χ3n) is 3.78. The summed E-state index contributed by atoms with van der Waals surface area (Å²) < 4.78 is 13.1. The van der Waals surface area contributed by atoms with E-state index in [9.17, 15) is 19.2 Å². The van der Waals surface area contributed by atoms with Gasteiger partial charge >= 0.3 is 11.7 Å². The fourth-order valence-electron chi connectivity index (χ4n) is 2.45. The van der Waals surface area contributed by atoms with Gasteiger partial charge < -0.3 is 19.1 Å². The highest BCUT2D eigenvalue weighted by molar-refractivity contribution is 5.91. The van der Waals surface area contributed by atoms with Gasteiger partial charge in [-0.1, -0.05) is 5.16 Å². The van der Waals surface area contributed by atoms with Gasteiger partial charge in [-0.05, 0) is 6.92 Å². The minimum atomic E-state index is -0.753. The second-order valence-corrected chi connectivity index (χ2v) is 5.78. The molecule has 0 spiro atoms. The van der Waals surface area contributed by atoms with Crippen LogP contribution in [0.1, 0.15) is 5.76 Å². The standard InChI is InChI=1S/C15H16N6O6/c1-8-4-9(18-27-8)17-10(22)6-26-11(23)5-21-7-16-13-12(21)14(24)20(3)15(25)19(13)2/h4,7H,5-6H2,1-3H3,(H,17,18,22). The van der Waals surface area contributed by atoms with E-state index in [-0.39, 0.29) is 23.5 Å². The molecule has 0 aromatic carbocycles. The summed E-state index contributed by atoms with van der Waals surface area (Å²) in [5.74, 6) is -0.619. The lowest BCUT2D eigenvalue weighted by molar-refractivity contribution is -0.147. The largest absolute Gasteiger partial charge is 0.454 e. The highest BCUT2D eigenvalue weighted by Gasteiger charge is 2.17. The molecule has 142 valence electrons. The van der Waals surface area contributed by atoms with E-state index in [0.717, 1.165) is 4.57 Å². The summed E-state index contributed by atoms with van der Waals surface area (Å²) in [5.41, 5.74) is -0.883. The average Bonchev–Trinajstić information content (AvgIpc) is 3.22. The maximum Gasteiger partial charge on any atom is 0.332 e. The number of imidazole rings is 1. The maximum atomic E-state index is 12.3. The molecule has 3 rings (SSSR count). The van der Waals surface area contributed by atoms with Crippen molar-refractivity contribution in [2.75, 3.05) is 11.9 Å². The van der Waals surface area contributed by atoms with Crippen molar-refractivity contribution in [1.82, 2.24) is 23.8 Å². The molecule has 0 saturated carbocycles. The lowest BCUT2D eigenvalue weighted by Crippen LogP contribution is -2.37. The van der Waals surface area contributed by atoms with Gasteiger partial charge in [0.1, 0.15) is 12.3 Å². The number of hydrogen-bond donors (Lipinski definition) is 1. The molecule has 0 saturated heterocycles. The van der Waals surface area contributed by atoms with Crippen molar-refractivity contribution in [3.8, 4) is 0 Å². The minimum Gasteiger partial charge on any atom is -0.454 e.